The first kappa shape index (κ1) is 13.4. The maximum Gasteiger partial charge on any atom is 0.222 e. The molecule has 1 heterocycles. The fourth-order valence-corrected chi connectivity index (χ4v) is 2.21. The molecule has 0 fully saturated rings. The van der Waals surface area contributed by atoms with Crippen molar-refractivity contribution in [1.82, 2.24) is 9.97 Å². The molecule has 4 nitrogen and oxygen atoms in total. The number of H-pyrrole nitrogens is 1. The summed E-state index contributed by atoms with van der Waals surface area (Å²) in [5, 5.41) is 4.48. The summed E-state index contributed by atoms with van der Waals surface area (Å²) in [5.74, 6) is 0.676. The van der Waals surface area contributed by atoms with E-state index in [-0.39, 0.29) is 0 Å². The fraction of sp³-hybridized carbons (Fsp3) is 0.176. The number of rotatable bonds is 5. The van der Waals surface area contributed by atoms with Crippen LogP contribution in [0.25, 0.3) is 11.0 Å². The van der Waals surface area contributed by atoms with E-state index in [4.69, 9.17) is 0 Å². The highest BCUT2D eigenvalue weighted by Gasteiger charge is 2.02. The molecule has 0 aliphatic heterocycles. The number of aromatic amines is 1. The second kappa shape index (κ2) is 6.22. The third-order valence-corrected chi connectivity index (χ3v) is 3.37. The number of benzene rings is 2. The minimum Gasteiger partial charge on any atom is -0.323 e. The van der Waals surface area contributed by atoms with E-state index < -0.39 is 0 Å². The van der Waals surface area contributed by atoms with Crippen molar-refractivity contribution < 1.29 is 0 Å². The summed E-state index contributed by atoms with van der Waals surface area (Å²) in [5.41, 5.74) is 7.34. The standard InChI is InChI=1S/C17H18N4/c1-2-14(12-13-8-4-3-5-9-13)20-21-17-18-15-10-6-7-11-16(15)19-17/h3-11H,2,12H2,1H3,(H2,18,19,21)/b20-14+. The minimum atomic E-state index is 0.676. The lowest BCUT2D eigenvalue weighted by atomic mass is 10.1. The molecule has 0 saturated carbocycles. The fourth-order valence-electron chi connectivity index (χ4n) is 2.21. The molecule has 0 bridgehead atoms. The Hall–Kier alpha value is -2.62. The molecule has 1 aromatic heterocycles. The van der Waals surface area contributed by atoms with Crippen LogP contribution >= 0.6 is 0 Å². The van der Waals surface area contributed by atoms with Crippen molar-refractivity contribution in [2.45, 2.75) is 19.8 Å². The number of hydrazone groups is 1. The van der Waals surface area contributed by atoms with Crippen molar-refractivity contribution in [3.05, 3.63) is 60.2 Å². The molecule has 0 radical (unpaired) electrons. The molecule has 3 rings (SSSR count). The predicted octanol–water partition coefficient (Wildman–Crippen LogP) is 3.98. The molecule has 0 amide bonds. The van der Waals surface area contributed by atoms with Gasteiger partial charge in [0.15, 0.2) is 0 Å². The minimum absolute atomic E-state index is 0.676. The summed E-state index contributed by atoms with van der Waals surface area (Å²) in [6.07, 6.45) is 1.76. The summed E-state index contributed by atoms with van der Waals surface area (Å²) in [6.45, 7) is 2.11. The Morgan fingerprint density at radius 2 is 1.86 bits per heavy atom. The Morgan fingerprint density at radius 3 is 2.62 bits per heavy atom. The number of nitrogens with one attached hydrogen (secondary N) is 2. The Bertz CT molecular complexity index is 711. The van der Waals surface area contributed by atoms with Crippen molar-refractivity contribution in [2.75, 3.05) is 5.43 Å². The van der Waals surface area contributed by atoms with Crippen LogP contribution < -0.4 is 5.43 Å². The Morgan fingerprint density at radius 1 is 1.10 bits per heavy atom. The summed E-state index contributed by atoms with van der Waals surface area (Å²) in [6, 6.07) is 18.3. The van der Waals surface area contributed by atoms with Gasteiger partial charge in [0, 0.05) is 12.1 Å². The normalized spacial score (nSPS) is 11.8. The molecule has 0 saturated heterocycles. The number of para-hydroxylation sites is 2. The summed E-state index contributed by atoms with van der Waals surface area (Å²) in [4.78, 5) is 7.66. The molecule has 2 N–H and O–H groups in total. The van der Waals surface area contributed by atoms with Gasteiger partial charge in [0.25, 0.3) is 0 Å². The summed E-state index contributed by atoms with van der Waals surface area (Å²) >= 11 is 0. The van der Waals surface area contributed by atoms with Gasteiger partial charge in [-0.1, -0.05) is 49.4 Å². The molecule has 21 heavy (non-hydrogen) atoms. The average molecular weight is 278 g/mol. The van der Waals surface area contributed by atoms with Crippen LogP contribution in [0.2, 0.25) is 0 Å². The second-order valence-corrected chi connectivity index (χ2v) is 4.91. The average Bonchev–Trinajstić information content (AvgIpc) is 2.95. The summed E-state index contributed by atoms with van der Waals surface area (Å²) < 4.78 is 0. The number of nitrogens with zero attached hydrogens (tertiary/aromatic N) is 2. The maximum absolute atomic E-state index is 4.48. The highest BCUT2D eigenvalue weighted by Crippen LogP contribution is 2.13. The number of anilines is 1. The van der Waals surface area contributed by atoms with Crippen LogP contribution in [-0.2, 0) is 6.42 Å². The maximum atomic E-state index is 4.48. The monoisotopic (exact) mass is 278 g/mol. The van der Waals surface area contributed by atoms with Gasteiger partial charge in [-0.25, -0.2) is 10.4 Å². The van der Waals surface area contributed by atoms with E-state index in [0.717, 1.165) is 29.6 Å². The highest BCUT2D eigenvalue weighted by molar-refractivity contribution is 5.87. The van der Waals surface area contributed by atoms with Gasteiger partial charge in [-0.05, 0) is 24.1 Å². The van der Waals surface area contributed by atoms with E-state index in [1.165, 1.54) is 5.56 Å². The molecule has 0 unspecified atom stereocenters. The van der Waals surface area contributed by atoms with Gasteiger partial charge in [0.1, 0.15) is 0 Å². The number of hydrogen-bond donors (Lipinski definition) is 2. The predicted molar refractivity (Wildman–Crippen MR) is 87.6 cm³/mol. The first-order valence-electron chi connectivity index (χ1n) is 7.15. The molecule has 0 aliphatic carbocycles. The van der Waals surface area contributed by atoms with Crippen molar-refractivity contribution >= 4 is 22.7 Å². The summed E-state index contributed by atoms with van der Waals surface area (Å²) in [7, 11) is 0. The first-order valence-corrected chi connectivity index (χ1v) is 7.15. The van der Waals surface area contributed by atoms with E-state index in [2.05, 4.69) is 51.7 Å². The van der Waals surface area contributed by atoms with Crippen LogP contribution in [0.5, 0.6) is 0 Å². The number of fused-ring (bicyclic) bond motifs is 1. The smallest absolute Gasteiger partial charge is 0.222 e. The van der Waals surface area contributed by atoms with Gasteiger partial charge in [-0.3, -0.25) is 0 Å². The number of imidazole rings is 1. The molecule has 0 aliphatic rings. The van der Waals surface area contributed by atoms with Crippen molar-refractivity contribution in [3.63, 3.8) is 0 Å². The molecule has 106 valence electrons. The van der Waals surface area contributed by atoms with Crippen LogP contribution in [0.4, 0.5) is 5.95 Å². The second-order valence-electron chi connectivity index (χ2n) is 4.91. The first-order chi connectivity index (χ1) is 10.3. The quantitative estimate of drug-likeness (QED) is 0.548. The van der Waals surface area contributed by atoms with E-state index >= 15 is 0 Å². The largest absolute Gasteiger partial charge is 0.323 e. The number of hydrogen-bond acceptors (Lipinski definition) is 3. The van der Waals surface area contributed by atoms with Crippen LogP contribution in [0.1, 0.15) is 18.9 Å². The lowest BCUT2D eigenvalue weighted by Gasteiger charge is -2.04. The van der Waals surface area contributed by atoms with Crippen LogP contribution in [0.15, 0.2) is 59.7 Å². The molecular weight excluding hydrogens is 260 g/mol. The van der Waals surface area contributed by atoms with Gasteiger partial charge in [0.05, 0.1) is 11.0 Å². The van der Waals surface area contributed by atoms with Crippen LogP contribution in [0, 0.1) is 0 Å². The number of aromatic nitrogens is 2. The lowest BCUT2D eigenvalue weighted by Crippen LogP contribution is -2.05. The molecule has 4 heteroatoms. The molecular formula is C17H18N4. The molecule has 2 aromatic carbocycles. The van der Waals surface area contributed by atoms with E-state index in [0.29, 0.717) is 5.95 Å². The highest BCUT2D eigenvalue weighted by atomic mass is 15.4. The van der Waals surface area contributed by atoms with E-state index in [9.17, 15) is 0 Å². The van der Waals surface area contributed by atoms with Gasteiger partial charge < -0.3 is 4.98 Å². The zero-order chi connectivity index (χ0) is 14.5. The topological polar surface area (TPSA) is 53.1 Å². The van der Waals surface area contributed by atoms with E-state index in [1.807, 2.05) is 30.3 Å². The molecule has 0 spiro atoms. The van der Waals surface area contributed by atoms with Crippen LogP contribution in [0.3, 0.4) is 0 Å². The molecule has 3 aromatic rings. The van der Waals surface area contributed by atoms with Gasteiger partial charge in [0.2, 0.25) is 5.95 Å². The Kier molecular flexibility index (Phi) is 3.96. The SMILES string of the molecule is CC/C(Cc1ccccc1)=N\Nc1nc2ccccc2[nH]1. The zero-order valence-electron chi connectivity index (χ0n) is 12.0. The van der Waals surface area contributed by atoms with Gasteiger partial charge >= 0.3 is 0 Å². The Balaban J connectivity index is 1.73. The zero-order valence-corrected chi connectivity index (χ0v) is 12.0. The van der Waals surface area contributed by atoms with Gasteiger partial charge in [-0.15, -0.1) is 0 Å². The van der Waals surface area contributed by atoms with Crippen molar-refractivity contribution in [3.8, 4) is 0 Å². The molecule has 0 atom stereocenters. The third kappa shape index (κ3) is 3.28. The Labute approximate surface area is 123 Å². The third-order valence-electron chi connectivity index (χ3n) is 3.37. The van der Waals surface area contributed by atoms with Crippen molar-refractivity contribution in [1.29, 1.82) is 0 Å². The van der Waals surface area contributed by atoms with Gasteiger partial charge in [-0.2, -0.15) is 5.10 Å². The van der Waals surface area contributed by atoms with E-state index in [1.54, 1.807) is 0 Å². The van der Waals surface area contributed by atoms with Crippen molar-refractivity contribution in [2.24, 2.45) is 5.10 Å². The lowest BCUT2D eigenvalue weighted by molar-refractivity contribution is 1.12. The van der Waals surface area contributed by atoms with Crippen LogP contribution in [-0.4, -0.2) is 15.7 Å².